The van der Waals surface area contributed by atoms with Crippen molar-refractivity contribution in [3.05, 3.63) is 52.3 Å². The van der Waals surface area contributed by atoms with Gasteiger partial charge in [0.25, 0.3) is 5.91 Å². The molecule has 152 valence electrons. The van der Waals surface area contributed by atoms with Crippen LogP contribution in [0.25, 0.3) is 0 Å². The Hall–Kier alpha value is -2.27. The van der Waals surface area contributed by atoms with E-state index < -0.39 is 0 Å². The maximum absolute atomic E-state index is 13.2. The molecule has 1 aliphatic rings. The number of ether oxygens (including phenoxy) is 1. The zero-order valence-electron chi connectivity index (χ0n) is 17.8. The zero-order chi connectivity index (χ0) is 20.3. The van der Waals surface area contributed by atoms with Crippen LogP contribution in [0.3, 0.4) is 0 Å². The number of anilines is 1. The fourth-order valence-electron chi connectivity index (χ4n) is 4.01. The van der Waals surface area contributed by atoms with Gasteiger partial charge < -0.3 is 19.5 Å². The number of benzene rings is 1. The summed E-state index contributed by atoms with van der Waals surface area (Å²) in [6.45, 7) is 14.3. The lowest BCUT2D eigenvalue weighted by Crippen LogP contribution is -2.37. The maximum Gasteiger partial charge on any atom is 0.268 e. The Morgan fingerprint density at radius 2 is 1.93 bits per heavy atom. The highest BCUT2D eigenvalue weighted by Crippen LogP contribution is 2.32. The monoisotopic (exact) mass is 383 g/mol. The van der Waals surface area contributed by atoms with Crippen LogP contribution in [0.4, 0.5) is 5.69 Å². The number of rotatable bonds is 6. The minimum Gasteiger partial charge on any atom is -0.378 e. The van der Waals surface area contributed by atoms with Gasteiger partial charge in [-0.2, -0.15) is 0 Å². The van der Waals surface area contributed by atoms with Crippen LogP contribution in [0.1, 0.15) is 53.1 Å². The summed E-state index contributed by atoms with van der Waals surface area (Å²) in [6.07, 6.45) is 0.915. The van der Waals surface area contributed by atoms with E-state index in [2.05, 4.69) is 73.7 Å². The normalized spacial score (nSPS) is 15.5. The van der Waals surface area contributed by atoms with Gasteiger partial charge in [-0.1, -0.05) is 36.8 Å². The molecule has 5 heteroatoms. The molecule has 0 radical (unpaired) electrons. The number of morpholine rings is 1. The molecule has 28 heavy (non-hydrogen) atoms. The molecule has 1 amide bonds. The molecule has 1 aromatic heterocycles. The van der Waals surface area contributed by atoms with Crippen molar-refractivity contribution >= 4 is 11.6 Å². The largest absolute Gasteiger partial charge is 0.378 e. The summed E-state index contributed by atoms with van der Waals surface area (Å²) in [5, 5.41) is 3.16. The Labute approximate surface area is 168 Å². The van der Waals surface area contributed by atoms with Crippen molar-refractivity contribution in [3.63, 3.8) is 0 Å². The number of aryl methyl sites for hydroxylation is 1. The third-order valence-corrected chi connectivity index (χ3v) is 5.68. The molecule has 0 aliphatic carbocycles. The minimum atomic E-state index is 0.0158. The molecule has 1 aromatic carbocycles. The van der Waals surface area contributed by atoms with Crippen LogP contribution in [0.5, 0.6) is 0 Å². The van der Waals surface area contributed by atoms with E-state index in [0.29, 0.717) is 6.54 Å². The number of amides is 1. The zero-order valence-corrected chi connectivity index (χ0v) is 17.8. The molecule has 1 N–H and O–H groups in total. The highest BCUT2D eigenvalue weighted by molar-refractivity contribution is 5.96. The van der Waals surface area contributed by atoms with Crippen molar-refractivity contribution < 1.29 is 9.53 Å². The van der Waals surface area contributed by atoms with Gasteiger partial charge in [0, 0.05) is 36.9 Å². The number of carbonyl (C=O) groups is 1. The fraction of sp³-hybridized carbons (Fsp3) is 0.522. The second-order valence-corrected chi connectivity index (χ2v) is 7.86. The predicted molar refractivity (Wildman–Crippen MR) is 114 cm³/mol. The Kier molecular flexibility index (Phi) is 6.45. The molecule has 0 bridgehead atoms. The molecule has 1 aliphatic heterocycles. The number of nitrogens with one attached hydrogen (secondary N) is 1. The number of aromatic nitrogens is 1. The smallest absolute Gasteiger partial charge is 0.268 e. The number of hydrogen-bond donors (Lipinski definition) is 1. The van der Waals surface area contributed by atoms with Crippen molar-refractivity contribution in [2.24, 2.45) is 0 Å². The van der Waals surface area contributed by atoms with Crippen LogP contribution in [0, 0.1) is 20.8 Å². The van der Waals surface area contributed by atoms with E-state index in [0.717, 1.165) is 49.7 Å². The molecule has 0 unspecified atom stereocenters. The SMILES string of the molecule is CC[C@@H](C)NC(=O)c1c(C)c(N2CCOCC2)c(C)n1Cc1cccc(C)c1. The van der Waals surface area contributed by atoms with Gasteiger partial charge in [-0.05, 0) is 39.7 Å². The number of hydrogen-bond acceptors (Lipinski definition) is 3. The van der Waals surface area contributed by atoms with Crippen LogP contribution in [-0.4, -0.2) is 42.8 Å². The van der Waals surface area contributed by atoms with E-state index in [-0.39, 0.29) is 11.9 Å². The first-order chi connectivity index (χ1) is 13.4. The summed E-state index contributed by atoms with van der Waals surface area (Å²) in [7, 11) is 0. The topological polar surface area (TPSA) is 46.5 Å². The predicted octanol–water partition coefficient (Wildman–Crippen LogP) is 3.83. The quantitative estimate of drug-likeness (QED) is 0.825. The molecule has 0 saturated carbocycles. The van der Waals surface area contributed by atoms with Crippen LogP contribution in [-0.2, 0) is 11.3 Å². The third-order valence-electron chi connectivity index (χ3n) is 5.68. The first kappa shape index (κ1) is 20.5. The fourth-order valence-corrected chi connectivity index (χ4v) is 4.01. The Balaban J connectivity index is 2.05. The standard InChI is InChI=1S/C23H33N3O2/c1-6-17(3)24-23(27)22-18(4)21(25-10-12-28-13-11-25)19(5)26(22)15-20-9-7-8-16(2)14-20/h7-9,14,17H,6,10-13,15H2,1-5H3,(H,24,27)/t17-/m1/s1. The number of nitrogens with zero attached hydrogens (tertiary/aromatic N) is 2. The molecule has 1 fully saturated rings. The summed E-state index contributed by atoms with van der Waals surface area (Å²) in [4.78, 5) is 15.5. The molecule has 5 nitrogen and oxygen atoms in total. The van der Waals surface area contributed by atoms with E-state index >= 15 is 0 Å². The summed E-state index contributed by atoms with van der Waals surface area (Å²) in [5.41, 5.74) is 6.62. The Morgan fingerprint density at radius 1 is 1.21 bits per heavy atom. The minimum absolute atomic E-state index is 0.0158. The van der Waals surface area contributed by atoms with Gasteiger partial charge >= 0.3 is 0 Å². The summed E-state index contributed by atoms with van der Waals surface area (Å²) >= 11 is 0. The van der Waals surface area contributed by atoms with Gasteiger partial charge in [-0.25, -0.2) is 0 Å². The van der Waals surface area contributed by atoms with E-state index in [9.17, 15) is 4.79 Å². The van der Waals surface area contributed by atoms with Crippen LogP contribution in [0.15, 0.2) is 24.3 Å². The molecule has 3 rings (SSSR count). The van der Waals surface area contributed by atoms with Gasteiger partial charge in [-0.3, -0.25) is 4.79 Å². The van der Waals surface area contributed by atoms with Gasteiger partial charge in [0.2, 0.25) is 0 Å². The van der Waals surface area contributed by atoms with E-state index in [1.54, 1.807) is 0 Å². The summed E-state index contributed by atoms with van der Waals surface area (Å²) < 4.78 is 7.72. The molecule has 1 atom stereocenters. The lowest BCUT2D eigenvalue weighted by Gasteiger charge is -2.29. The van der Waals surface area contributed by atoms with Crippen molar-refractivity contribution in [1.29, 1.82) is 0 Å². The maximum atomic E-state index is 13.2. The van der Waals surface area contributed by atoms with E-state index in [4.69, 9.17) is 4.74 Å². The van der Waals surface area contributed by atoms with Gasteiger partial charge in [0.05, 0.1) is 18.9 Å². The number of carbonyl (C=O) groups excluding carboxylic acids is 1. The molecule has 1 saturated heterocycles. The molecule has 2 aromatic rings. The van der Waals surface area contributed by atoms with Crippen LogP contribution >= 0.6 is 0 Å². The first-order valence-electron chi connectivity index (χ1n) is 10.3. The molecule has 2 heterocycles. The van der Waals surface area contributed by atoms with Crippen molar-refractivity contribution in [2.75, 3.05) is 31.2 Å². The van der Waals surface area contributed by atoms with Gasteiger partial charge in [0.1, 0.15) is 5.69 Å². The summed E-state index contributed by atoms with van der Waals surface area (Å²) in [5.74, 6) is 0.0158. The average Bonchev–Trinajstić information content (AvgIpc) is 2.92. The van der Waals surface area contributed by atoms with Gasteiger partial charge in [-0.15, -0.1) is 0 Å². The average molecular weight is 384 g/mol. The lowest BCUT2D eigenvalue weighted by atomic mass is 10.1. The highest BCUT2D eigenvalue weighted by Gasteiger charge is 2.27. The molecular weight excluding hydrogens is 350 g/mol. The van der Waals surface area contributed by atoms with Gasteiger partial charge in [0.15, 0.2) is 0 Å². The van der Waals surface area contributed by atoms with Crippen LogP contribution < -0.4 is 10.2 Å². The lowest BCUT2D eigenvalue weighted by molar-refractivity contribution is 0.0929. The van der Waals surface area contributed by atoms with Crippen molar-refractivity contribution in [1.82, 2.24) is 9.88 Å². The molecular formula is C23H33N3O2. The Morgan fingerprint density at radius 3 is 2.57 bits per heavy atom. The molecule has 0 spiro atoms. The summed E-state index contributed by atoms with van der Waals surface area (Å²) in [6, 6.07) is 8.67. The highest BCUT2D eigenvalue weighted by atomic mass is 16.5. The van der Waals surface area contributed by atoms with E-state index in [1.807, 2.05) is 0 Å². The van der Waals surface area contributed by atoms with Crippen molar-refractivity contribution in [3.8, 4) is 0 Å². The second-order valence-electron chi connectivity index (χ2n) is 7.86. The Bertz CT molecular complexity index is 835. The first-order valence-corrected chi connectivity index (χ1v) is 10.3. The van der Waals surface area contributed by atoms with Crippen molar-refractivity contribution in [2.45, 2.75) is 53.6 Å². The van der Waals surface area contributed by atoms with Crippen LogP contribution in [0.2, 0.25) is 0 Å². The van der Waals surface area contributed by atoms with E-state index in [1.165, 1.54) is 16.8 Å². The second kappa shape index (κ2) is 8.82. The third kappa shape index (κ3) is 4.25.